The lowest BCUT2D eigenvalue weighted by Crippen LogP contribution is -2.22. The summed E-state index contributed by atoms with van der Waals surface area (Å²) in [4.78, 5) is 0. The lowest BCUT2D eigenvalue weighted by molar-refractivity contribution is 0.0991. The Morgan fingerprint density at radius 2 is 1.95 bits per heavy atom. The van der Waals surface area contributed by atoms with Crippen LogP contribution < -0.4 is 5.32 Å². The Morgan fingerprint density at radius 3 is 2.53 bits per heavy atom. The summed E-state index contributed by atoms with van der Waals surface area (Å²) in [5, 5.41) is 8.11. The highest BCUT2D eigenvalue weighted by molar-refractivity contribution is 5.24. The number of rotatable bonds is 8. The molecule has 0 amide bonds. The van der Waals surface area contributed by atoms with E-state index in [1.54, 1.807) is 7.11 Å². The lowest BCUT2D eigenvalue weighted by atomic mass is 10.1. The number of ether oxygens (including phenoxy) is 1. The molecule has 1 rings (SSSR count). The molecule has 0 fully saturated rings. The van der Waals surface area contributed by atoms with Gasteiger partial charge in [0.25, 0.3) is 0 Å². The average molecular weight is 267 g/mol. The fourth-order valence-electron chi connectivity index (χ4n) is 2.20. The molecule has 0 aromatic carbocycles. The molecule has 1 heterocycles. The van der Waals surface area contributed by atoms with Crippen LogP contribution in [0, 0.1) is 19.8 Å². The first-order valence-electron chi connectivity index (χ1n) is 7.22. The molecule has 0 aliphatic carbocycles. The summed E-state index contributed by atoms with van der Waals surface area (Å²) in [6.45, 7) is 13.7. The molecular formula is C15H29N3O. The van der Waals surface area contributed by atoms with Gasteiger partial charge in [-0.1, -0.05) is 13.8 Å². The van der Waals surface area contributed by atoms with Crippen LogP contribution in [0.1, 0.15) is 37.7 Å². The van der Waals surface area contributed by atoms with Gasteiger partial charge in [-0.15, -0.1) is 0 Å². The number of hydrogen-bond acceptors (Lipinski definition) is 3. The van der Waals surface area contributed by atoms with Crippen LogP contribution in [0.15, 0.2) is 0 Å². The molecule has 1 aromatic rings. The minimum absolute atomic E-state index is 0.199. The number of aromatic nitrogens is 2. The van der Waals surface area contributed by atoms with Gasteiger partial charge in [0.1, 0.15) is 0 Å². The molecule has 0 saturated carbocycles. The van der Waals surface area contributed by atoms with E-state index in [4.69, 9.17) is 4.74 Å². The molecule has 19 heavy (non-hydrogen) atoms. The van der Waals surface area contributed by atoms with E-state index in [9.17, 15) is 0 Å². The topological polar surface area (TPSA) is 39.1 Å². The number of methoxy groups -OCH3 is 1. The summed E-state index contributed by atoms with van der Waals surface area (Å²) < 4.78 is 7.38. The standard InChI is InChI=1S/C15H29N3O/c1-11(2)9-16-8-7-15-13(4)17-18(14(15)5)10-12(3)19-6/h11-12,16H,7-10H2,1-6H3. The van der Waals surface area contributed by atoms with Crippen LogP contribution in [0.4, 0.5) is 0 Å². The van der Waals surface area contributed by atoms with Crippen molar-refractivity contribution in [2.24, 2.45) is 5.92 Å². The molecule has 1 atom stereocenters. The lowest BCUT2D eigenvalue weighted by Gasteiger charge is -2.11. The zero-order chi connectivity index (χ0) is 14.4. The summed E-state index contributed by atoms with van der Waals surface area (Å²) >= 11 is 0. The molecule has 1 N–H and O–H groups in total. The van der Waals surface area contributed by atoms with Crippen molar-refractivity contribution in [2.45, 2.75) is 53.7 Å². The highest BCUT2D eigenvalue weighted by Gasteiger charge is 2.12. The maximum Gasteiger partial charge on any atom is 0.0739 e. The van der Waals surface area contributed by atoms with E-state index in [1.165, 1.54) is 11.3 Å². The van der Waals surface area contributed by atoms with Crippen LogP contribution in [-0.2, 0) is 17.7 Å². The van der Waals surface area contributed by atoms with E-state index in [-0.39, 0.29) is 6.10 Å². The molecule has 4 heteroatoms. The maximum atomic E-state index is 5.31. The second-order valence-corrected chi connectivity index (χ2v) is 5.73. The number of aryl methyl sites for hydroxylation is 1. The summed E-state index contributed by atoms with van der Waals surface area (Å²) in [5.74, 6) is 0.701. The fraction of sp³-hybridized carbons (Fsp3) is 0.800. The van der Waals surface area contributed by atoms with Crippen LogP contribution in [0.2, 0.25) is 0 Å². The van der Waals surface area contributed by atoms with E-state index in [1.807, 2.05) is 0 Å². The van der Waals surface area contributed by atoms with Crippen LogP contribution in [-0.4, -0.2) is 36.1 Å². The van der Waals surface area contributed by atoms with Gasteiger partial charge in [0.15, 0.2) is 0 Å². The molecule has 0 saturated heterocycles. The van der Waals surface area contributed by atoms with Gasteiger partial charge in [0, 0.05) is 12.8 Å². The third-order valence-electron chi connectivity index (χ3n) is 3.47. The smallest absolute Gasteiger partial charge is 0.0739 e. The Morgan fingerprint density at radius 1 is 1.26 bits per heavy atom. The molecule has 0 spiro atoms. The van der Waals surface area contributed by atoms with Gasteiger partial charge < -0.3 is 10.1 Å². The first-order chi connectivity index (χ1) is 8.95. The Kier molecular flexibility index (Phi) is 6.52. The molecule has 0 aliphatic rings. The maximum absolute atomic E-state index is 5.31. The van der Waals surface area contributed by atoms with E-state index in [0.29, 0.717) is 5.92 Å². The van der Waals surface area contributed by atoms with Crippen molar-refractivity contribution >= 4 is 0 Å². The van der Waals surface area contributed by atoms with Crippen molar-refractivity contribution in [2.75, 3.05) is 20.2 Å². The second kappa shape index (κ2) is 7.65. The fourth-order valence-corrected chi connectivity index (χ4v) is 2.20. The molecular weight excluding hydrogens is 238 g/mol. The van der Waals surface area contributed by atoms with Gasteiger partial charge in [-0.2, -0.15) is 5.10 Å². The van der Waals surface area contributed by atoms with Crippen molar-refractivity contribution in [3.63, 3.8) is 0 Å². The molecule has 110 valence electrons. The third-order valence-corrected chi connectivity index (χ3v) is 3.47. The zero-order valence-corrected chi connectivity index (χ0v) is 13.3. The molecule has 4 nitrogen and oxygen atoms in total. The van der Waals surface area contributed by atoms with E-state index >= 15 is 0 Å². The van der Waals surface area contributed by atoms with Crippen molar-refractivity contribution in [1.29, 1.82) is 0 Å². The van der Waals surface area contributed by atoms with Gasteiger partial charge in [-0.25, -0.2) is 0 Å². The summed E-state index contributed by atoms with van der Waals surface area (Å²) in [7, 11) is 1.74. The minimum atomic E-state index is 0.199. The normalized spacial score (nSPS) is 13.2. The number of hydrogen-bond donors (Lipinski definition) is 1. The third kappa shape index (κ3) is 4.96. The van der Waals surface area contributed by atoms with Gasteiger partial charge >= 0.3 is 0 Å². The van der Waals surface area contributed by atoms with E-state index in [0.717, 1.165) is 31.7 Å². The molecule has 0 radical (unpaired) electrons. The van der Waals surface area contributed by atoms with Gasteiger partial charge in [0.05, 0.1) is 18.3 Å². The van der Waals surface area contributed by atoms with Gasteiger partial charge in [-0.3, -0.25) is 4.68 Å². The molecule has 0 bridgehead atoms. The van der Waals surface area contributed by atoms with Crippen LogP contribution in [0.5, 0.6) is 0 Å². The average Bonchev–Trinajstić information content (AvgIpc) is 2.60. The second-order valence-electron chi connectivity index (χ2n) is 5.73. The summed E-state index contributed by atoms with van der Waals surface area (Å²) in [5.41, 5.74) is 3.79. The quantitative estimate of drug-likeness (QED) is 0.735. The Bertz CT molecular complexity index is 385. The molecule has 0 aliphatic heterocycles. The minimum Gasteiger partial charge on any atom is -0.380 e. The summed E-state index contributed by atoms with van der Waals surface area (Å²) in [6.07, 6.45) is 1.25. The first kappa shape index (κ1) is 16.2. The predicted molar refractivity (Wildman–Crippen MR) is 79.6 cm³/mol. The van der Waals surface area contributed by atoms with Crippen molar-refractivity contribution in [3.8, 4) is 0 Å². The first-order valence-corrected chi connectivity index (χ1v) is 7.22. The SMILES string of the molecule is COC(C)Cn1nc(C)c(CCNCC(C)C)c1C. The van der Waals surface area contributed by atoms with Gasteiger partial charge in [0.2, 0.25) is 0 Å². The number of nitrogens with zero attached hydrogens (tertiary/aromatic N) is 2. The summed E-state index contributed by atoms with van der Waals surface area (Å²) in [6, 6.07) is 0. The highest BCUT2D eigenvalue weighted by Crippen LogP contribution is 2.14. The van der Waals surface area contributed by atoms with Gasteiger partial charge in [-0.05, 0) is 51.8 Å². The van der Waals surface area contributed by atoms with Crippen molar-refractivity contribution < 1.29 is 4.74 Å². The highest BCUT2D eigenvalue weighted by atomic mass is 16.5. The number of nitrogens with one attached hydrogen (secondary N) is 1. The Hall–Kier alpha value is -0.870. The zero-order valence-electron chi connectivity index (χ0n) is 13.3. The largest absolute Gasteiger partial charge is 0.380 e. The predicted octanol–water partition coefficient (Wildman–Crippen LogP) is 2.32. The molecule has 1 unspecified atom stereocenters. The Balaban J connectivity index is 2.58. The van der Waals surface area contributed by atoms with Crippen LogP contribution in [0.3, 0.4) is 0 Å². The van der Waals surface area contributed by atoms with Crippen molar-refractivity contribution in [3.05, 3.63) is 17.0 Å². The van der Waals surface area contributed by atoms with E-state index in [2.05, 4.69) is 49.7 Å². The molecule has 1 aromatic heterocycles. The Labute approximate surface area is 117 Å². The monoisotopic (exact) mass is 267 g/mol. The van der Waals surface area contributed by atoms with Crippen LogP contribution >= 0.6 is 0 Å². The van der Waals surface area contributed by atoms with Crippen molar-refractivity contribution in [1.82, 2.24) is 15.1 Å². The van der Waals surface area contributed by atoms with E-state index < -0.39 is 0 Å². The van der Waals surface area contributed by atoms with Crippen LogP contribution in [0.25, 0.3) is 0 Å².